The summed E-state index contributed by atoms with van der Waals surface area (Å²) in [4.78, 5) is 6.78. The maximum atomic E-state index is 5.72. The molecule has 2 aromatic carbocycles. The van der Waals surface area contributed by atoms with Gasteiger partial charge in [-0.3, -0.25) is 9.89 Å². The molecule has 0 aliphatic carbocycles. The molecular formula is C23H33IN4O2. The zero-order valence-corrected chi connectivity index (χ0v) is 20.0. The van der Waals surface area contributed by atoms with Crippen LogP contribution in [0.1, 0.15) is 17.5 Å². The number of halogens is 1. The van der Waals surface area contributed by atoms with Crippen LogP contribution in [0.5, 0.6) is 5.75 Å². The fraction of sp³-hybridized carbons (Fsp3) is 0.435. The molecule has 1 aliphatic heterocycles. The van der Waals surface area contributed by atoms with E-state index in [2.05, 4.69) is 44.8 Å². The highest BCUT2D eigenvalue weighted by atomic mass is 127. The lowest BCUT2D eigenvalue weighted by Gasteiger charge is -2.27. The summed E-state index contributed by atoms with van der Waals surface area (Å²) in [6.45, 7) is 6.84. The van der Waals surface area contributed by atoms with Gasteiger partial charge in [0.25, 0.3) is 0 Å². The smallest absolute Gasteiger partial charge is 0.191 e. The number of nitrogens with one attached hydrogen (secondary N) is 2. The maximum absolute atomic E-state index is 5.72. The van der Waals surface area contributed by atoms with Crippen LogP contribution in [-0.2, 0) is 17.8 Å². The average molecular weight is 524 g/mol. The summed E-state index contributed by atoms with van der Waals surface area (Å²) in [5.41, 5.74) is 2.66. The van der Waals surface area contributed by atoms with Crippen LogP contribution in [0.4, 0.5) is 0 Å². The average Bonchev–Trinajstić information content (AvgIpc) is 2.78. The number of nitrogens with zero attached hydrogens (tertiary/aromatic N) is 2. The maximum Gasteiger partial charge on any atom is 0.191 e. The molecule has 0 aromatic heterocycles. The van der Waals surface area contributed by atoms with E-state index in [0.717, 1.165) is 64.1 Å². The van der Waals surface area contributed by atoms with Gasteiger partial charge >= 0.3 is 0 Å². The standard InChI is InChI=1S/C23H32N4O2.HI/c1-24-23(25-12-7-15-29-22-10-3-2-4-11-22)26-18-20-8-5-6-9-21(20)19-27-13-16-28-17-14-27;/h2-6,8-11H,7,12-19H2,1H3,(H2,24,25,26);1H. The van der Waals surface area contributed by atoms with Crippen molar-refractivity contribution in [3.05, 3.63) is 65.7 Å². The molecule has 0 spiro atoms. The van der Waals surface area contributed by atoms with Gasteiger partial charge in [0.1, 0.15) is 5.75 Å². The Bertz CT molecular complexity index is 752. The lowest BCUT2D eigenvalue weighted by Crippen LogP contribution is -2.38. The quantitative estimate of drug-likeness (QED) is 0.228. The van der Waals surface area contributed by atoms with E-state index in [4.69, 9.17) is 9.47 Å². The Morgan fingerprint density at radius 2 is 1.70 bits per heavy atom. The van der Waals surface area contributed by atoms with Crippen LogP contribution in [0.3, 0.4) is 0 Å². The molecule has 1 aliphatic rings. The molecule has 2 N–H and O–H groups in total. The van der Waals surface area contributed by atoms with Crippen LogP contribution in [0, 0.1) is 0 Å². The molecule has 0 amide bonds. The van der Waals surface area contributed by atoms with Gasteiger partial charge in [0, 0.05) is 39.8 Å². The first kappa shape index (κ1) is 24.4. The summed E-state index contributed by atoms with van der Waals surface area (Å²) in [6, 6.07) is 18.5. The minimum Gasteiger partial charge on any atom is -0.494 e. The molecule has 3 rings (SSSR count). The van der Waals surface area contributed by atoms with Crippen LogP contribution in [0.15, 0.2) is 59.6 Å². The number of rotatable bonds is 9. The second-order valence-electron chi connectivity index (χ2n) is 7.02. The highest BCUT2D eigenvalue weighted by Gasteiger charge is 2.12. The SMILES string of the molecule is CN=C(NCCCOc1ccccc1)NCc1ccccc1CN1CCOCC1.I. The van der Waals surface area contributed by atoms with E-state index in [9.17, 15) is 0 Å². The van der Waals surface area contributed by atoms with Gasteiger partial charge in [-0.1, -0.05) is 42.5 Å². The van der Waals surface area contributed by atoms with Gasteiger partial charge in [-0.15, -0.1) is 24.0 Å². The van der Waals surface area contributed by atoms with E-state index in [1.165, 1.54) is 11.1 Å². The van der Waals surface area contributed by atoms with Crippen molar-refractivity contribution in [3.8, 4) is 5.75 Å². The van der Waals surface area contributed by atoms with Gasteiger partial charge in [-0.2, -0.15) is 0 Å². The van der Waals surface area contributed by atoms with Gasteiger partial charge in [0.2, 0.25) is 0 Å². The minimum absolute atomic E-state index is 0. The van der Waals surface area contributed by atoms with E-state index < -0.39 is 0 Å². The van der Waals surface area contributed by atoms with Crippen molar-refractivity contribution in [1.29, 1.82) is 0 Å². The molecule has 0 bridgehead atoms. The predicted molar refractivity (Wildman–Crippen MR) is 133 cm³/mol. The first-order valence-electron chi connectivity index (χ1n) is 10.3. The normalized spacial score (nSPS) is 14.6. The van der Waals surface area contributed by atoms with Crippen molar-refractivity contribution < 1.29 is 9.47 Å². The fourth-order valence-electron chi connectivity index (χ4n) is 3.27. The summed E-state index contributed by atoms with van der Waals surface area (Å²) in [5, 5.41) is 6.79. The van der Waals surface area contributed by atoms with Gasteiger partial charge < -0.3 is 20.1 Å². The number of guanidine groups is 1. The number of hydrogen-bond donors (Lipinski definition) is 2. The molecule has 1 fully saturated rings. The molecule has 0 unspecified atom stereocenters. The third kappa shape index (κ3) is 8.49. The molecule has 0 saturated carbocycles. The van der Waals surface area contributed by atoms with Crippen molar-refractivity contribution in [2.75, 3.05) is 46.5 Å². The molecule has 1 saturated heterocycles. The molecule has 7 heteroatoms. The van der Waals surface area contributed by atoms with Crippen LogP contribution in [0.25, 0.3) is 0 Å². The second kappa shape index (κ2) is 14.2. The Kier molecular flexibility index (Phi) is 11.6. The molecule has 0 radical (unpaired) electrons. The van der Waals surface area contributed by atoms with E-state index in [1.807, 2.05) is 30.3 Å². The number of aliphatic imine (C=N–C) groups is 1. The third-order valence-electron chi connectivity index (χ3n) is 4.91. The highest BCUT2D eigenvalue weighted by molar-refractivity contribution is 14.0. The molecule has 0 atom stereocenters. The molecule has 1 heterocycles. The summed E-state index contributed by atoms with van der Waals surface area (Å²) in [5.74, 6) is 1.72. The number of ether oxygens (including phenoxy) is 2. The van der Waals surface area contributed by atoms with Gasteiger partial charge in [-0.05, 0) is 29.7 Å². The molecule has 2 aromatic rings. The number of para-hydroxylation sites is 1. The predicted octanol–water partition coefficient (Wildman–Crippen LogP) is 3.27. The second-order valence-corrected chi connectivity index (χ2v) is 7.02. The summed E-state index contributed by atoms with van der Waals surface area (Å²) in [6.07, 6.45) is 0.906. The first-order chi connectivity index (χ1) is 14.3. The summed E-state index contributed by atoms with van der Waals surface area (Å²) < 4.78 is 11.2. The number of benzene rings is 2. The molecular weight excluding hydrogens is 491 g/mol. The highest BCUT2D eigenvalue weighted by Crippen LogP contribution is 2.13. The van der Waals surface area contributed by atoms with E-state index in [1.54, 1.807) is 7.05 Å². The Morgan fingerprint density at radius 3 is 2.43 bits per heavy atom. The Labute approximate surface area is 197 Å². The first-order valence-corrected chi connectivity index (χ1v) is 10.3. The summed E-state index contributed by atoms with van der Waals surface area (Å²) in [7, 11) is 1.80. The van der Waals surface area contributed by atoms with Crippen LogP contribution >= 0.6 is 24.0 Å². The Hall–Kier alpha value is -1.84. The minimum atomic E-state index is 0. The lowest BCUT2D eigenvalue weighted by atomic mass is 10.1. The van der Waals surface area contributed by atoms with Crippen molar-refractivity contribution in [3.63, 3.8) is 0 Å². The Morgan fingerprint density at radius 1 is 1.00 bits per heavy atom. The molecule has 6 nitrogen and oxygen atoms in total. The number of morpholine rings is 1. The number of hydrogen-bond acceptors (Lipinski definition) is 4. The van der Waals surface area contributed by atoms with Crippen LogP contribution in [-0.4, -0.2) is 57.4 Å². The zero-order chi connectivity index (χ0) is 20.2. The largest absolute Gasteiger partial charge is 0.494 e. The fourth-order valence-corrected chi connectivity index (χ4v) is 3.27. The van der Waals surface area contributed by atoms with Crippen molar-refractivity contribution in [2.24, 2.45) is 4.99 Å². The van der Waals surface area contributed by atoms with Crippen molar-refractivity contribution in [2.45, 2.75) is 19.5 Å². The van der Waals surface area contributed by atoms with E-state index in [0.29, 0.717) is 6.61 Å². The van der Waals surface area contributed by atoms with Crippen molar-refractivity contribution in [1.82, 2.24) is 15.5 Å². The van der Waals surface area contributed by atoms with Crippen molar-refractivity contribution >= 4 is 29.9 Å². The third-order valence-corrected chi connectivity index (χ3v) is 4.91. The zero-order valence-electron chi connectivity index (χ0n) is 17.7. The topological polar surface area (TPSA) is 58.1 Å². The van der Waals surface area contributed by atoms with E-state index in [-0.39, 0.29) is 24.0 Å². The van der Waals surface area contributed by atoms with Gasteiger partial charge in [0.05, 0.1) is 19.8 Å². The summed E-state index contributed by atoms with van der Waals surface area (Å²) >= 11 is 0. The van der Waals surface area contributed by atoms with Gasteiger partial charge in [0.15, 0.2) is 5.96 Å². The van der Waals surface area contributed by atoms with E-state index >= 15 is 0 Å². The molecule has 164 valence electrons. The lowest BCUT2D eigenvalue weighted by molar-refractivity contribution is 0.0341. The van der Waals surface area contributed by atoms with Gasteiger partial charge in [-0.25, -0.2) is 0 Å². The monoisotopic (exact) mass is 524 g/mol. The Balaban J connectivity index is 0.00000320. The van der Waals surface area contributed by atoms with Crippen LogP contribution in [0.2, 0.25) is 0 Å². The van der Waals surface area contributed by atoms with Crippen LogP contribution < -0.4 is 15.4 Å². The molecule has 30 heavy (non-hydrogen) atoms.